The van der Waals surface area contributed by atoms with E-state index < -0.39 is 11.9 Å². The normalized spacial score (nSPS) is 16.2. The molecule has 0 radical (unpaired) electrons. The van der Waals surface area contributed by atoms with Crippen LogP contribution in [-0.2, 0) is 17.6 Å². The number of ether oxygens (including phenoxy) is 2. The highest BCUT2D eigenvalue weighted by Crippen LogP contribution is 2.36. The van der Waals surface area contributed by atoms with Gasteiger partial charge in [0.2, 0.25) is 0 Å². The Morgan fingerprint density at radius 1 is 1.26 bits per heavy atom. The number of aromatic nitrogens is 1. The highest BCUT2D eigenvalue weighted by Gasteiger charge is 2.23. The minimum Gasteiger partial charge on any atom is -0.497 e. The Hall–Kier alpha value is -3.41. The number of benzene rings is 2. The molecule has 1 aliphatic heterocycles. The number of methoxy groups -OCH3 is 1. The Labute approximate surface area is 180 Å². The number of pyridine rings is 1. The minimum atomic E-state index is -0.812. The first-order chi connectivity index (χ1) is 14.9. The van der Waals surface area contributed by atoms with Crippen molar-refractivity contribution in [1.82, 2.24) is 4.98 Å². The van der Waals surface area contributed by atoms with Gasteiger partial charge in [0, 0.05) is 17.3 Å². The van der Waals surface area contributed by atoms with Gasteiger partial charge >= 0.3 is 5.97 Å². The molecule has 0 spiro atoms. The van der Waals surface area contributed by atoms with Crippen molar-refractivity contribution in [3.63, 3.8) is 0 Å². The van der Waals surface area contributed by atoms with Crippen molar-refractivity contribution >= 4 is 5.97 Å². The van der Waals surface area contributed by atoms with E-state index in [2.05, 4.69) is 4.98 Å². The monoisotopic (exact) mass is 421 g/mol. The predicted octanol–water partition coefficient (Wildman–Crippen LogP) is 5.23. The standard InChI is InChI=1S/C25H24FNO4/c1-15(25(28)29)11-16-3-4-17-6-10-23(31-24(17)12-16)22-9-5-18(14-27-22)20-13-19(30-2)7-8-21(20)26/h3-5,7-9,12-15,23H,6,10-11H2,1-2H3,(H,28,29)/t15-,23?/m0/s1. The average molecular weight is 421 g/mol. The number of nitrogens with zero attached hydrogens (tertiary/aromatic N) is 1. The molecule has 4 rings (SSSR count). The molecule has 1 N–H and O–H groups in total. The summed E-state index contributed by atoms with van der Waals surface area (Å²) in [7, 11) is 1.55. The van der Waals surface area contributed by atoms with Gasteiger partial charge in [0.15, 0.2) is 0 Å². The lowest BCUT2D eigenvalue weighted by atomic mass is 9.95. The highest BCUT2D eigenvalue weighted by molar-refractivity contribution is 5.70. The molecule has 6 heteroatoms. The molecule has 0 saturated heterocycles. The van der Waals surface area contributed by atoms with Gasteiger partial charge in [-0.05, 0) is 60.7 Å². The van der Waals surface area contributed by atoms with Crippen molar-refractivity contribution in [3.8, 4) is 22.6 Å². The van der Waals surface area contributed by atoms with Crippen molar-refractivity contribution in [1.29, 1.82) is 0 Å². The van der Waals surface area contributed by atoms with Gasteiger partial charge in [-0.25, -0.2) is 4.39 Å². The maximum absolute atomic E-state index is 14.2. The second kappa shape index (κ2) is 8.76. The van der Waals surface area contributed by atoms with Crippen molar-refractivity contribution in [3.05, 3.63) is 77.4 Å². The van der Waals surface area contributed by atoms with E-state index in [1.54, 1.807) is 32.4 Å². The van der Waals surface area contributed by atoms with E-state index in [0.717, 1.165) is 35.4 Å². The van der Waals surface area contributed by atoms with Crippen LogP contribution < -0.4 is 9.47 Å². The summed E-state index contributed by atoms with van der Waals surface area (Å²) in [4.78, 5) is 15.7. The summed E-state index contributed by atoms with van der Waals surface area (Å²) < 4.78 is 25.6. The molecule has 1 aliphatic rings. The number of aryl methyl sites for hydroxylation is 1. The lowest BCUT2D eigenvalue weighted by Gasteiger charge is -2.26. The van der Waals surface area contributed by atoms with E-state index in [-0.39, 0.29) is 11.9 Å². The number of fused-ring (bicyclic) bond motifs is 1. The van der Waals surface area contributed by atoms with Crippen LogP contribution in [0.25, 0.3) is 11.1 Å². The van der Waals surface area contributed by atoms with E-state index >= 15 is 0 Å². The van der Waals surface area contributed by atoms with Crippen LogP contribution in [-0.4, -0.2) is 23.2 Å². The third kappa shape index (κ3) is 4.53. The molecule has 0 saturated carbocycles. The first kappa shape index (κ1) is 20.8. The van der Waals surface area contributed by atoms with E-state index in [1.807, 2.05) is 30.3 Å². The van der Waals surface area contributed by atoms with Gasteiger partial charge in [0.25, 0.3) is 0 Å². The van der Waals surface area contributed by atoms with Crippen LogP contribution in [0, 0.1) is 11.7 Å². The Morgan fingerprint density at radius 3 is 2.81 bits per heavy atom. The number of halogens is 1. The average Bonchev–Trinajstić information content (AvgIpc) is 2.79. The van der Waals surface area contributed by atoms with Gasteiger partial charge < -0.3 is 14.6 Å². The van der Waals surface area contributed by atoms with Gasteiger partial charge in [-0.3, -0.25) is 9.78 Å². The number of hydrogen-bond acceptors (Lipinski definition) is 4. The van der Waals surface area contributed by atoms with Crippen LogP contribution in [0.15, 0.2) is 54.7 Å². The van der Waals surface area contributed by atoms with E-state index in [4.69, 9.17) is 14.6 Å². The molecule has 160 valence electrons. The molecule has 1 aromatic heterocycles. The maximum atomic E-state index is 14.2. The lowest BCUT2D eigenvalue weighted by Crippen LogP contribution is -2.17. The second-order valence-electron chi connectivity index (χ2n) is 7.85. The molecule has 0 amide bonds. The Bertz CT molecular complexity index is 1100. The number of carboxylic acid groups (broad SMARTS) is 1. The largest absolute Gasteiger partial charge is 0.497 e. The number of aliphatic carboxylic acids is 1. The van der Waals surface area contributed by atoms with E-state index in [9.17, 15) is 9.18 Å². The summed E-state index contributed by atoms with van der Waals surface area (Å²) in [5.41, 5.74) is 3.93. The van der Waals surface area contributed by atoms with E-state index in [0.29, 0.717) is 23.3 Å². The maximum Gasteiger partial charge on any atom is 0.306 e. The zero-order valence-electron chi connectivity index (χ0n) is 17.5. The zero-order chi connectivity index (χ0) is 22.0. The van der Waals surface area contributed by atoms with Crippen molar-refractivity contribution < 1.29 is 23.8 Å². The summed E-state index contributed by atoms with van der Waals surface area (Å²) in [6.45, 7) is 1.70. The summed E-state index contributed by atoms with van der Waals surface area (Å²) in [6.07, 6.45) is 3.54. The second-order valence-corrected chi connectivity index (χ2v) is 7.85. The Morgan fingerprint density at radius 2 is 2.10 bits per heavy atom. The molecule has 2 atom stereocenters. The van der Waals surface area contributed by atoms with Gasteiger partial charge in [-0.1, -0.05) is 25.1 Å². The topological polar surface area (TPSA) is 68.7 Å². The number of carbonyl (C=O) groups is 1. The number of carboxylic acids is 1. The minimum absolute atomic E-state index is 0.205. The molecule has 2 aromatic carbocycles. The summed E-state index contributed by atoms with van der Waals surface area (Å²) in [6, 6.07) is 14.2. The lowest BCUT2D eigenvalue weighted by molar-refractivity contribution is -0.141. The molecule has 2 heterocycles. The molecular weight excluding hydrogens is 397 g/mol. The molecule has 0 aliphatic carbocycles. The fourth-order valence-electron chi connectivity index (χ4n) is 3.80. The number of rotatable bonds is 6. The third-order valence-electron chi connectivity index (χ3n) is 5.64. The fraction of sp³-hybridized carbons (Fsp3) is 0.280. The SMILES string of the molecule is COc1ccc(F)c(-c2ccc(C3CCc4ccc(C[C@H](C)C(=O)O)cc4O3)nc2)c1. The molecule has 3 aromatic rings. The van der Waals surface area contributed by atoms with Crippen molar-refractivity contribution in [2.24, 2.45) is 5.92 Å². The smallest absolute Gasteiger partial charge is 0.306 e. The molecule has 31 heavy (non-hydrogen) atoms. The fourth-order valence-corrected chi connectivity index (χ4v) is 3.80. The first-order valence-corrected chi connectivity index (χ1v) is 10.3. The number of hydrogen-bond donors (Lipinski definition) is 1. The van der Waals surface area contributed by atoms with Gasteiger partial charge in [0.05, 0.1) is 18.7 Å². The molecule has 5 nitrogen and oxygen atoms in total. The third-order valence-corrected chi connectivity index (χ3v) is 5.64. The molecular formula is C25H24FNO4. The van der Waals surface area contributed by atoms with Crippen molar-refractivity contribution in [2.45, 2.75) is 32.3 Å². The molecule has 1 unspecified atom stereocenters. The Kier molecular flexibility index (Phi) is 5.89. The quantitative estimate of drug-likeness (QED) is 0.591. The predicted molar refractivity (Wildman–Crippen MR) is 115 cm³/mol. The van der Waals surface area contributed by atoms with Crippen LogP contribution in [0.1, 0.15) is 36.3 Å². The van der Waals surface area contributed by atoms with Crippen LogP contribution in [0.4, 0.5) is 4.39 Å². The summed E-state index contributed by atoms with van der Waals surface area (Å²) >= 11 is 0. The first-order valence-electron chi connectivity index (χ1n) is 10.3. The summed E-state index contributed by atoms with van der Waals surface area (Å²) in [5.74, 6) is -0.241. The van der Waals surface area contributed by atoms with Crippen LogP contribution in [0.5, 0.6) is 11.5 Å². The van der Waals surface area contributed by atoms with Gasteiger partial charge in [0.1, 0.15) is 23.4 Å². The highest BCUT2D eigenvalue weighted by atomic mass is 19.1. The van der Waals surface area contributed by atoms with Crippen LogP contribution in [0.3, 0.4) is 0 Å². The van der Waals surface area contributed by atoms with Crippen molar-refractivity contribution in [2.75, 3.05) is 7.11 Å². The summed E-state index contributed by atoms with van der Waals surface area (Å²) in [5, 5.41) is 9.15. The van der Waals surface area contributed by atoms with Gasteiger partial charge in [-0.2, -0.15) is 0 Å². The zero-order valence-corrected chi connectivity index (χ0v) is 17.5. The van der Waals surface area contributed by atoms with Gasteiger partial charge in [-0.15, -0.1) is 0 Å². The van der Waals surface area contributed by atoms with Crippen LogP contribution >= 0.6 is 0 Å². The van der Waals surface area contributed by atoms with E-state index in [1.165, 1.54) is 6.07 Å². The molecule has 0 fully saturated rings. The van der Waals surface area contributed by atoms with Crippen LogP contribution in [0.2, 0.25) is 0 Å². The Balaban J connectivity index is 1.52. The molecule has 0 bridgehead atoms.